The minimum absolute atomic E-state index is 0.0790. The monoisotopic (exact) mass is 407 g/mol. The molecule has 0 aliphatic heterocycles. The molecule has 0 unspecified atom stereocenters. The average Bonchev–Trinajstić information content (AvgIpc) is 2.78. The molecule has 3 rings (SSSR count). The Balaban J connectivity index is 1.54. The number of methoxy groups -OCH3 is 1. The van der Waals surface area contributed by atoms with Gasteiger partial charge < -0.3 is 14.4 Å². The molecule has 0 fully saturated rings. The maximum Gasteiger partial charge on any atom is 0.260 e. The second kappa shape index (κ2) is 9.69. The minimum Gasteiger partial charge on any atom is -0.494 e. The molecular formula is C24H22FNO4. The van der Waals surface area contributed by atoms with Crippen LogP contribution < -0.4 is 9.47 Å². The maximum atomic E-state index is 13.8. The molecule has 3 aromatic rings. The lowest BCUT2D eigenvalue weighted by Crippen LogP contribution is -2.31. The summed E-state index contributed by atoms with van der Waals surface area (Å²) in [5, 5.41) is 0. The first kappa shape index (κ1) is 21.0. The Labute approximate surface area is 174 Å². The van der Waals surface area contributed by atoms with Crippen molar-refractivity contribution in [2.75, 3.05) is 20.8 Å². The van der Waals surface area contributed by atoms with Crippen LogP contribution in [0.1, 0.15) is 21.5 Å². The fraction of sp³-hybridized carbons (Fsp3) is 0.167. The van der Waals surface area contributed by atoms with Gasteiger partial charge in [-0.1, -0.05) is 36.4 Å². The van der Waals surface area contributed by atoms with Gasteiger partial charge in [-0.3, -0.25) is 9.59 Å². The van der Waals surface area contributed by atoms with E-state index in [4.69, 9.17) is 9.47 Å². The molecule has 0 radical (unpaired) electrons. The SMILES string of the molecule is COc1ccc(CN(C)C(=O)COc2ccc(C(=O)c3ccccc3)cc2)cc1F. The van der Waals surface area contributed by atoms with Gasteiger partial charge in [-0.25, -0.2) is 4.39 Å². The summed E-state index contributed by atoms with van der Waals surface area (Å²) in [7, 11) is 3.02. The van der Waals surface area contributed by atoms with Gasteiger partial charge >= 0.3 is 0 Å². The summed E-state index contributed by atoms with van der Waals surface area (Å²) in [4.78, 5) is 26.2. The predicted octanol–water partition coefficient (Wildman–Crippen LogP) is 4.10. The van der Waals surface area contributed by atoms with Crippen LogP contribution in [0.2, 0.25) is 0 Å². The molecule has 5 nitrogen and oxygen atoms in total. The first-order valence-electron chi connectivity index (χ1n) is 9.37. The number of carbonyl (C=O) groups excluding carboxylic acids is 2. The Morgan fingerprint density at radius 2 is 1.60 bits per heavy atom. The molecule has 1 amide bonds. The number of nitrogens with zero attached hydrogens (tertiary/aromatic N) is 1. The summed E-state index contributed by atoms with van der Waals surface area (Å²) >= 11 is 0. The van der Waals surface area contributed by atoms with Crippen molar-refractivity contribution in [2.45, 2.75) is 6.54 Å². The Bertz CT molecular complexity index is 1020. The molecule has 0 spiro atoms. The highest BCUT2D eigenvalue weighted by Crippen LogP contribution is 2.19. The number of amides is 1. The average molecular weight is 407 g/mol. The summed E-state index contributed by atoms with van der Waals surface area (Å²) in [6, 6.07) is 20.2. The van der Waals surface area contributed by atoms with Gasteiger partial charge in [0, 0.05) is 24.7 Å². The number of carbonyl (C=O) groups is 2. The van der Waals surface area contributed by atoms with Gasteiger partial charge in [0.1, 0.15) is 5.75 Å². The Morgan fingerprint density at radius 1 is 0.933 bits per heavy atom. The number of ketones is 1. The van der Waals surface area contributed by atoms with Crippen molar-refractivity contribution in [3.63, 3.8) is 0 Å². The van der Waals surface area contributed by atoms with Crippen LogP contribution in [0.15, 0.2) is 72.8 Å². The molecular weight excluding hydrogens is 385 g/mol. The molecule has 0 aromatic heterocycles. The number of benzene rings is 3. The van der Waals surface area contributed by atoms with Crippen LogP contribution in [0.4, 0.5) is 4.39 Å². The highest BCUT2D eigenvalue weighted by atomic mass is 19.1. The van der Waals surface area contributed by atoms with Crippen LogP contribution in [0.25, 0.3) is 0 Å². The minimum atomic E-state index is -0.475. The molecule has 3 aromatic carbocycles. The van der Waals surface area contributed by atoms with Crippen LogP contribution in [0, 0.1) is 5.82 Å². The van der Waals surface area contributed by atoms with E-state index in [1.807, 2.05) is 18.2 Å². The topological polar surface area (TPSA) is 55.8 Å². The van der Waals surface area contributed by atoms with Gasteiger partial charge in [-0.05, 0) is 42.0 Å². The van der Waals surface area contributed by atoms with E-state index in [-0.39, 0.29) is 30.6 Å². The number of hydrogen-bond donors (Lipinski definition) is 0. The second-order valence-electron chi connectivity index (χ2n) is 6.73. The molecule has 154 valence electrons. The normalized spacial score (nSPS) is 10.4. The highest BCUT2D eigenvalue weighted by molar-refractivity contribution is 6.08. The summed E-state index contributed by atoms with van der Waals surface area (Å²) in [5.41, 5.74) is 1.80. The molecule has 0 aliphatic carbocycles. The van der Waals surface area contributed by atoms with Crippen molar-refractivity contribution >= 4 is 11.7 Å². The zero-order chi connectivity index (χ0) is 21.5. The van der Waals surface area contributed by atoms with Crippen molar-refractivity contribution in [2.24, 2.45) is 0 Å². The molecule has 0 heterocycles. The van der Waals surface area contributed by atoms with Gasteiger partial charge in [-0.15, -0.1) is 0 Å². The van der Waals surface area contributed by atoms with Gasteiger partial charge in [-0.2, -0.15) is 0 Å². The number of likely N-dealkylation sites (N-methyl/N-ethyl adjacent to an activating group) is 1. The fourth-order valence-corrected chi connectivity index (χ4v) is 2.88. The third-order valence-corrected chi connectivity index (χ3v) is 4.58. The van der Waals surface area contributed by atoms with Crippen molar-refractivity contribution in [1.29, 1.82) is 0 Å². The Morgan fingerprint density at radius 3 is 2.23 bits per heavy atom. The lowest BCUT2D eigenvalue weighted by molar-refractivity contribution is -0.132. The van der Waals surface area contributed by atoms with Crippen LogP contribution in [0.3, 0.4) is 0 Å². The molecule has 0 N–H and O–H groups in total. The lowest BCUT2D eigenvalue weighted by atomic mass is 10.0. The van der Waals surface area contributed by atoms with E-state index in [2.05, 4.69) is 0 Å². The van der Waals surface area contributed by atoms with E-state index in [0.29, 0.717) is 22.4 Å². The van der Waals surface area contributed by atoms with Gasteiger partial charge in [0.2, 0.25) is 0 Å². The maximum absolute atomic E-state index is 13.8. The van der Waals surface area contributed by atoms with Crippen molar-refractivity contribution in [3.05, 3.63) is 95.3 Å². The van der Waals surface area contributed by atoms with Crippen LogP contribution in [-0.2, 0) is 11.3 Å². The van der Waals surface area contributed by atoms with E-state index in [0.717, 1.165) is 0 Å². The Hall–Kier alpha value is -3.67. The van der Waals surface area contributed by atoms with E-state index in [9.17, 15) is 14.0 Å². The van der Waals surface area contributed by atoms with Crippen LogP contribution in [-0.4, -0.2) is 37.4 Å². The second-order valence-corrected chi connectivity index (χ2v) is 6.73. The van der Waals surface area contributed by atoms with E-state index >= 15 is 0 Å². The van der Waals surface area contributed by atoms with Crippen molar-refractivity contribution in [1.82, 2.24) is 4.90 Å². The van der Waals surface area contributed by atoms with Crippen LogP contribution >= 0.6 is 0 Å². The number of hydrogen-bond acceptors (Lipinski definition) is 4. The molecule has 0 saturated heterocycles. The smallest absolute Gasteiger partial charge is 0.260 e. The summed E-state index contributed by atoms with van der Waals surface area (Å²) < 4.78 is 24.2. The number of halogens is 1. The number of ether oxygens (including phenoxy) is 2. The largest absolute Gasteiger partial charge is 0.494 e. The zero-order valence-electron chi connectivity index (χ0n) is 16.8. The molecule has 30 heavy (non-hydrogen) atoms. The molecule has 0 bridgehead atoms. The van der Waals surface area contributed by atoms with E-state index < -0.39 is 5.82 Å². The van der Waals surface area contributed by atoms with Crippen LogP contribution in [0.5, 0.6) is 11.5 Å². The molecule has 6 heteroatoms. The molecule has 0 atom stereocenters. The zero-order valence-corrected chi connectivity index (χ0v) is 16.8. The summed E-state index contributed by atoms with van der Waals surface area (Å²) in [5.74, 6) is -0.167. The molecule has 0 aliphatic rings. The van der Waals surface area contributed by atoms with Gasteiger partial charge in [0.05, 0.1) is 7.11 Å². The molecule has 0 saturated carbocycles. The number of rotatable bonds is 8. The van der Waals surface area contributed by atoms with E-state index in [1.54, 1.807) is 49.5 Å². The van der Waals surface area contributed by atoms with Gasteiger partial charge in [0.25, 0.3) is 5.91 Å². The first-order chi connectivity index (χ1) is 14.5. The summed E-state index contributed by atoms with van der Waals surface area (Å²) in [6.07, 6.45) is 0. The van der Waals surface area contributed by atoms with Crippen molar-refractivity contribution in [3.8, 4) is 11.5 Å². The van der Waals surface area contributed by atoms with Crippen molar-refractivity contribution < 1.29 is 23.5 Å². The lowest BCUT2D eigenvalue weighted by Gasteiger charge is -2.18. The predicted molar refractivity (Wildman–Crippen MR) is 111 cm³/mol. The Kier molecular flexibility index (Phi) is 6.80. The first-order valence-corrected chi connectivity index (χ1v) is 9.37. The third kappa shape index (κ3) is 5.23. The fourth-order valence-electron chi connectivity index (χ4n) is 2.88. The van der Waals surface area contributed by atoms with E-state index in [1.165, 1.54) is 24.1 Å². The van der Waals surface area contributed by atoms with Gasteiger partial charge in [0.15, 0.2) is 24.0 Å². The quantitative estimate of drug-likeness (QED) is 0.528. The highest BCUT2D eigenvalue weighted by Gasteiger charge is 2.13. The standard InChI is InChI=1S/C24H22FNO4/c1-26(15-17-8-13-22(29-2)21(25)14-17)23(27)16-30-20-11-9-19(10-12-20)24(28)18-6-4-3-5-7-18/h3-14H,15-16H2,1-2H3. The summed E-state index contributed by atoms with van der Waals surface area (Å²) in [6.45, 7) is 0.0781. The third-order valence-electron chi connectivity index (χ3n) is 4.58.